The van der Waals surface area contributed by atoms with Crippen molar-refractivity contribution < 1.29 is 29.0 Å². The second kappa shape index (κ2) is 9.62. The molecule has 2 aromatic carbocycles. The minimum absolute atomic E-state index is 0.00501. The summed E-state index contributed by atoms with van der Waals surface area (Å²) in [5.41, 5.74) is 3.25. The lowest BCUT2D eigenvalue weighted by Gasteiger charge is -2.37. The fourth-order valence-electron chi connectivity index (χ4n) is 4.45. The van der Waals surface area contributed by atoms with Crippen LogP contribution in [-0.4, -0.2) is 66.4 Å². The molecule has 1 heterocycles. The predicted molar refractivity (Wildman–Crippen MR) is 121 cm³/mol. The van der Waals surface area contributed by atoms with Gasteiger partial charge in [-0.25, -0.2) is 9.59 Å². The number of nitrogens with zero attached hydrogens (tertiary/aromatic N) is 1. The zero-order valence-corrected chi connectivity index (χ0v) is 18.6. The molecule has 33 heavy (non-hydrogen) atoms. The molecule has 0 aromatic heterocycles. The number of ether oxygens (including phenoxy) is 2. The molecule has 8 nitrogen and oxygen atoms in total. The van der Waals surface area contributed by atoms with Crippen molar-refractivity contribution in [1.82, 2.24) is 10.2 Å². The maximum atomic E-state index is 12.4. The monoisotopic (exact) mass is 452 g/mol. The second-order valence-corrected chi connectivity index (χ2v) is 8.56. The lowest BCUT2D eigenvalue weighted by Crippen LogP contribution is -2.56. The Bertz CT molecular complexity index is 1010. The zero-order valence-electron chi connectivity index (χ0n) is 18.6. The van der Waals surface area contributed by atoms with Crippen molar-refractivity contribution in [3.63, 3.8) is 0 Å². The number of hydrogen-bond acceptors (Lipinski definition) is 5. The molecular weight excluding hydrogens is 424 g/mol. The van der Waals surface area contributed by atoms with Gasteiger partial charge in [-0.05, 0) is 35.6 Å². The van der Waals surface area contributed by atoms with E-state index in [9.17, 15) is 19.5 Å². The van der Waals surface area contributed by atoms with E-state index in [0.29, 0.717) is 19.5 Å². The van der Waals surface area contributed by atoms with E-state index in [1.807, 2.05) is 24.3 Å². The standard InChI is InChI=1S/C25H28N2O6/c1-25(23(29)30)16-27(13-14-33-25)22(28)11-6-12-26-24(31)32-15-21-19-9-4-2-7-17(19)18-8-3-5-10-20(18)21/h2-5,7-10,21H,6,11-16H2,1H3,(H,26,31)(H,29,30). The van der Waals surface area contributed by atoms with Crippen molar-refractivity contribution in [3.8, 4) is 11.1 Å². The number of nitrogens with one attached hydrogen (secondary N) is 1. The summed E-state index contributed by atoms with van der Waals surface area (Å²) in [7, 11) is 0. The summed E-state index contributed by atoms with van der Waals surface area (Å²) < 4.78 is 10.8. The molecule has 1 aliphatic heterocycles. The smallest absolute Gasteiger partial charge is 0.407 e. The molecule has 2 amide bonds. The number of rotatable bonds is 7. The molecule has 2 aromatic rings. The van der Waals surface area contributed by atoms with Gasteiger partial charge in [0.25, 0.3) is 0 Å². The molecule has 2 N–H and O–H groups in total. The van der Waals surface area contributed by atoms with E-state index in [1.54, 1.807) is 0 Å². The van der Waals surface area contributed by atoms with Gasteiger partial charge in [0.2, 0.25) is 5.91 Å². The summed E-state index contributed by atoms with van der Waals surface area (Å²) in [6.07, 6.45) is 0.123. The molecule has 0 bridgehead atoms. The van der Waals surface area contributed by atoms with E-state index >= 15 is 0 Å². The van der Waals surface area contributed by atoms with E-state index in [-0.39, 0.29) is 38.0 Å². The van der Waals surface area contributed by atoms with E-state index < -0.39 is 17.7 Å². The van der Waals surface area contributed by atoms with Gasteiger partial charge >= 0.3 is 12.1 Å². The Labute approximate surface area is 192 Å². The van der Waals surface area contributed by atoms with Crippen LogP contribution in [0.5, 0.6) is 0 Å². The first-order chi connectivity index (χ1) is 15.9. The summed E-state index contributed by atoms with van der Waals surface area (Å²) >= 11 is 0. The van der Waals surface area contributed by atoms with Crippen molar-refractivity contribution in [2.75, 3.05) is 32.8 Å². The van der Waals surface area contributed by atoms with Crippen molar-refractivity contribution in [2.45, 2.75) is 31.3 Å². The highest BCUT2D eigenvalue weighted by Crippen LogP contribution is 2.44. The topological polar surface area (TPSA) is 105 Å². The van der Waals surface area contributed by atoms with Crippen LogP contribution in [0.3, 0.4) is 0 Å². The number of benzene rings is 2. The third-order valence-corrected chi connectivity index (χ3v) is 6.26. The summed E-state index contributed by atoms with van der Waals surface area (Å²) in [6.45, 7) is 2.56. The van der Waals surface area contributed by atoms with Crippen molar-refractivity contribution >= 4 is 18.0 Å². The third-order valence-electron chi connectivity index (χ3n) is 6.26. The van der Waals surface area contributed by atoms with Crippen LogP contribution in [0.25, 0.3) is 11.1 Å². The SMILES string of the molecule is CC1(C(=O)O)CN(C(=O)CCCNC(=O)OCC2c3ccccc3-c3ccccc32)CCO1. The minimum Gasteiger partial charge on any atom is -0.479 e. The normalized spacial score (nSPS) is 19.5. The first-order valence-electron chi connectivity index (χ1n) is 11.1. The summed E-state index contributed by atoms with van der Waals surface area (Å²) in [5.74, 6) is -1.24. The van der Waals surface area contributed by atoms with Crippen LogP contribution in [-0.2, 0) is 19.1 Å². The highest BCUT2D eigenvalue weighted by Gasteiger charge is 2.40. The summed E-state index contributed by atoms with van der Waals surface area (Å²) in [6, 6.07) is 16.3. The van der Waals surface area contributed by atoms with Crippen molar-refractivity contribution in [1.29, 1.82) is 0 Å². The Balaban J connectivity index is 1.22. The van der Waals surface area contributed by atoms with Gasteiger partial charge in [0, 0.05) is 25.4 Å². The van der Waals surface area contributed by atoms with Gasteiger partial charge in [0.1, 0.15) is 6.61 Å². The molecule has 174 valence electrons. The largest absolute Gasteiger partial charge is 0.479 e. The lowest BCUT2D eigenvalue weighted by atomic mass is 9.98. The quantitative estimate of drug-likeness (QED) is 0.626. The minimum atomic E-state index is -1.38. The fraction of sp³-hybridized carbons (Fsp3) is 0.400. The Morgan fingerprint density at radius 1 is 1.12 bits per heavy atom. The molecule has 0 radical (unpaired) electrons. The number of aliphatic carboxylic acids is 1. The number of carbonyl (C=O) groups is 3. The van der Waals surface area contributed by atoms with Gasteiger partial charge in [0.15, 0.2) is 5.60 Å². The summed E-state index contributed by atoms with van der Waals surface area (Å²) in [4.78, 5) is 37.5. The van der Waals surface area contributed by atoms with Gasteiger partial charge in [-0.3, -0.25) is 4.79 Å². The molecule has 1 aliphatic carbocycles. The number of carbonyl (C=O) groups excluding carboxylic acids is 2. The Morgan fingerprint density at radius 2 is 1.76 bits per heavy atom. The average molecular weight is 453 g/mol. The van der Waals surface area contributed by atoms with Gasteiger partial charge in [0.05, 0.1) is 13.2 Å². The number of carboxylic acids is 1. The molecule has 0 saturated carbocycles. The van der Waals surface area contributed by atoms with Crippen LogP contribution >= 0.6 is 0 Å². The highest BCUT2D eigenvalue weighted by molar-refractivity contribution is 5.81. The van der Waals surface area contributed by atoms with Gasteiger partial charge in [-0.15, -0.1) is 0 Å². The molecule has 8 heteroatoms. The first-order valence-corrected chi connectivity index (χ1v) is 11.1. The van der Waals surface area contributed by atoms with E-state index in [4.69, 9.17) is 9.47 Å². The molecule has 1 saturated heterocycles. The fourth-order valence-corrected chi connectivity index (χ4v) is 4.45. The van der Waals surface area contributed by atoms with Crippen molar-refractivity contribution in [2.24, 2.45) is 0 Å². The van der Waals surface area contributed by atoms with Gasteiger partial charge in [-0.1, -0.05) is 48.5 Å². The van der Waals surface area contributed by atoms with E-state index in [2.05, 4.69) is 29.6 Å². The number of amides is 2. The molecule has 1 fully saturated rings. The first kappa shape index (κ1) is 22.8. The molecule has 4 rings (SSSR count). The third kappa shape index (κ3) is 4.85. The maximum Gasteiger partial charge on any atom is 0.407 e. The van der Waals surface area contributed by atoms with Gasteiger partial charge in [-0.2, -0.15) is 0 Å². The highest BCUT2D eigenvalue weighted by atomic mass is 16.5. The molecular formula is C25H28N2O6. The van der Waals surface area contributed by atoms with Crippen LogP contribution < -0.4 is 5.32 Å². The Hall–Kier alpha value is -3.39. The summed E-state index contributed by atoms with van der Waals surface area (Å²) in [5, 5.41) is 12.0. The Kier molecular flexibility index (Phi) is 6.65. The molecule has 0 spiro atoms. The van der Waals surface area contributed by atoms with Crippen LogP contribution in [0.4, 0.5) is 4.79 Å². The Morgan fingerprint density at radius 3 is 2.39 bits per heavy atom. The van der Waals surface area contributed by atoms with Crippen LogP contribution in [0.15, 0.2) is 48.5 Å². The average Bonchev–Trinajstić information content (AvgIpc) is 3.14. The zero-order chi connectivity index (χ0) is 23.4. The second-order valence-electron chi connectivity index (χ2n) is 8.56. The van der Waals surface area contributed by atoms with E-state index in [0.717, 1.165) is 11.1 Å². The molecule has 2 aliphatic rings. The number of alkyl carbamates (subject to hydrolysis) is 1. The predicted octanol–water partition coefficient (Wildman–Crippen LogP) is 3.01. The van der Waals surface area contributed by atoms with Gasteiger partial charge < -0.3 is 24.8 Å². The van der Waals surface area contributed by atoms with Crippen LogP contribution in [0, 0.1) is 0 Å². The van der Waals surface area contributed by atoms with Crippen molar-refractivity contribution in [3.05, 3.63) is 59.7 Å². The maximum absolute atomic E-state index is 12.4. The number of carboxylic acid groups (broad SMARTS) is 1. The number of hydrogen-bond donors (Lipinski definition) is 2. The molecule has 1 unspecified atom stereocenters. The molecule has 1 atom stereocenters. The lowest BCUT2D eigenvalue weighted by molar-refractivity contribution is -0.177. The van der Waals surface area contributed by atoms with E-state index in [1.165, 1.54) is 23.0 Å². The number of fused-ring (bicyclic) bond motifs is 3. The van der Waals surface area contributed by atoms with Crippen LogP contribution in [0.1, 0.15) is 36.8 Å². The van der Waals surface area contributed by atoms with Crippen LogP contribution in [0.2, 0.25) is 0 Å². The number of morpholine rings is 1.